The molecule has 0 spiro atoms. The van der Waals surface area contributed by atoms with Gasteiger partial charge in [0.05, 0.1) is 6.04 Å². The zero-order chi connectivity index (χ0) is 46.3. The number of hydrogen-bond donors (Lipinski definition) is 4. The summed E-state index contributed by atoms with van der Waals surface area (Å²) < 4.78 is 21.6. The summed E-state index contributed by atoms with van der Waals surface area (Å²) in [7, 11) is 0. The summed E-state index contributed by atoms with van der Waals surface area (Å²) in [4.78, 5) is 87.0. The Morgan fingerprint density at radius 3 is 1.09 bits per heavy atom. The van der Waals surface area contributed by atoms with Crippen LogP contribution in [0.5, 0.6) is 0 Å². The summed E-state index contributed by atoms with van der Waals surface area (Å²) in [6, 6.07) is 25.7. The molecular formula is C49H73N5O12S4. The molecule has 0 saturated carbocycles. The second kappa shape index (κ2) is 28.1. The van der Waals surface area contributed by atoms with E-state index >= 15 is 0 Å². The van der Waals surface area contributed by atoms with Gasteiger partial charge in [-0.15, -0.1) is 0 Å². The van der Waals surface area contributed by atoms with Crippen LogP contribution in [0.15, 0.2) is 91.0 Å². The molecule has 0 aromatic heterocycles. The van der Waals surface area contributed by atoms with E-state index in [0.29, 0.717) is 38.8 Å². The van der Waals surface area contributed by atoms with Gasteiger partial charge in [0.25, 0.3) is 17.7 Å². The molecule has 8 rings (SSSR count). The third kappa shape index (κ3) is 16.5. The number of hydrogen-bond acceptors (Lipinski definition) is 12. The third-order valence-corrected chi connectivity index (χ3v) is 10.9. The number of amides is 5. The summed E-state index contributed by atoms with van der Waals surface area (Å²) in [5.41, 5.74) is 1.42. The smallest absolute Gasteiger partial charge is 0.411 e. The van der Waals surface area contributed by atoms with Crippen LogP contribution in [-0.4, -0.2) is 111 Å². The summed E-state index contributed by atoms with van der Waals surface area (Å²) in [5.74, 6) is -2.06. The number of nitrogens with zero attached hydrogens (tertiary/aromatic N) is 2. The molecule has 70 heavy (non-hydrogen) atoms. The molecule has 5 heterocycles. The van der Waals surface area contributed by atoms with E-state index in [4.69, 9.17) is 18.9 Å². The molecular weight excluding hydrogens is 979 g/mol. The normalized spacial score (nSPS) is 23.5. The van der Waals surface area contributed by atoms with Crippen LogP contribution in [0.4, 0.5) is 9.59 Å². The number of benzene rings is 3. The minimum Gasteiger partial charge on any atom is -0.448 e. The molecule has 0 aliphatic carbocycles. The molecule has 0 bridgehead atoms. The van der Waals surface area contributed by atoms with Crippen LogP contribution >= 0.6 is 54.0 Å². The molecule has 5 amide bonds. The molecule has 5 fully saturated rings. The number of esters is 2. The minimum absolute atomic E-state index is 0. The van der Waals surface area contributed by atoms with Crippen LogP contribution in [0.25, 0.3) is 0 Å². The van der Waals surface area contributed by atoms with Gasteiger partial charge in [-0.25, -0.2) is 19.2 Å². The summed E-state index contributed by atoms with van der Waals surface area (Å²) in [6.07, 6.45) is -1.28. The Morgan fingerprint density at radius 1 is 0.514 bits per heavy atom. The van der Waals surface area contributed by atoms with E-state index in [1.807, 2.05) is 91.0 Å². The fourth-order valence-electron chi connectivity index (χ4n) is 7.62. The van der Waals surface area contributed by atoms with Crippen molar-refractivity contribution in [2.75, 3.05) is 13.1 Å². The number of rotatable bonds is 7. The number of β-lactam (4-membered cyclic amide) rings is 3. The van der Waals surface area contributed by atoms with E-state index in [1.165, 1.54) is 9.80 Å². The van der Waals surface area contributed by atoms with Gasteiger partial charge in [0.1, 0.15) is 35.4 Å². The Hall–Kier alpha value is -5.09. The van der Waals surface area contributed by atoms with Crippen molar-refractivity contribution in [1.82, 2.24) is 25.8 Å². The van der Waals surface area contributed by atoms with Gasteiger partial charge >= 0.3 is 24.1 Å². The monoisotopic (exact) mass is 1050 g/mol. The predicted octanol–water partition coefficient (Wildman–Crippen LogP) is 6.28. The number of carbonyl (C=O) groups excluding carboxylic acids is 7. The second-order valence-electron chi connectivity index (χ2n) is 18.0. The highest BCUT2D eigenvalue weighted by molar-refractivity contribution is 7.59. The second-order valence-corrected chi connectivity index (χ2v) is 18.0. The van der Waals surface area contributed by atoms with Crippen molar-refractivity contribution in [1.29, 1.82) is 0 Å². The summed E-state index contributed by atoms with van der Waals surface area (Å²) in [5, 5.41) is 17.3. The van der Waals surface area contributed by atoms with Crippen molar-refractivity contribution in [2.24, 2.45) is 0 Å². The van der Waals surface area contributed by atoms with Crippen LogP contribution in [0.1, 0.15) is 117 Å². The molecule has 4 N–H and O–H groups in total. The molecule has 0 radical (unpaired) electrons. The van der Waals surface area contributed by atoms with Gasteiger partial charge < -0.3 is 40.0 Å². The highest BCUT2D eigenvalue weighted by atomic mass is 32.1. The van der Waals surface area contributed by atoms with E-state index in [1.54, 1.807) is 41.5 Å². The largest absolute Gasteiger partial charge is 0.448 e. The number of likely N-dealkylation sites (tertiary alicyclic amines) is 2. The van der Waals surface area contributed by atoms with Crippen molar-refractivity contribution in [3.63, 3.8) is 0 Å². The van der Waals surface area contributed by atoms with Crippen molar-refractivity contribution >= 4 is 95.8 Å². The molecule has 0 unspecified atom stereocenters. The first kappa shape index (κ1) is 64.9. The molecule has 3 aromatic carbocycles. The highest BCUT2D eigenvalue weighted by Gasteiger charge is 2.48. The first-order valence-corrected chi connectivity index (χ1v) is 21.5. The van der Waals surface area contributed by atoms with Crippen LogP contribution < -0.4 is 16.0 Å². The lowest BCUT2D eigenvalue weighted by atomic mass is 9.94. The fraction of sp³-hybridized carbons (Fsp3) is 0.490. The molecule has 5 aliphatic rings. The van der Waals surface area contributed by atoms with Crippen molar-refractivity contribution in [3.05, 3.63) is 108 Å². The maximum atomic E-state index is 12.6. The Bertz CT molecular complexity index is 2060. The average molecular weight is 1050 g/mol. The molecule has 5 saturated heterocycles. The fourth-order valence-corrected chi connectivity index (χ4v) is 7.62. The van der Waals surface area contributed by atoms with Gasteiger partial charge in [0.2, 0.25) is 12.2 Å². The van der Waals surface area contributed by atoms with Gasteiger partial charge in [-0.2, -0.15) is 54.0 Å². The zero-order valence-electron chi connectivity index (χ0n) is 38.9. The Kier molecular flexibility index (Phi) is 26.0. The molecule has 17 nitrogen and oxygen atoms in total. The summed E-state index contributed by atoms with van der Waals surface area (Å²) >= 11 is 0. The average Bonchev–Trinajstić information content (AvgIpc) is 3.97. The van der Waals surface area contributed by atoms with E-state index in [2.05, 4.69) is 16.0 Å². The van der Waals surface area contributed by atoms with Crippen molar-refractivity contribution in [3.8, 4) is 0 Å². The van der Waals surface area contributed by atoms with Gasteiger partial charge in [-0.05, 0) is 83.9 Å². The molecule has 3 aromatic rings. The van der Waals surface area contributed by atoms with Crippen LogP contribution in [0, 0.1) is 0 Å². The molecule has 5 aliphatic heterocycles. The van der Waals surface area contributed by atoms with Crippen LogP contribution in [-0.2, 0) is 42.9 Å². The molecule has 21 heteroatoms. The molecule has 390 valence electrons. The van der Waals surface area contributed by atoms with Crippen LogP contribution in [0.3, 0.4) is 0 Å². The highest BCUT2D eigenvalue weighted by Crippen LogP contribution is 2.31. The number of aliphatic hydroxyl groups is 1. The molecule has 8 atom stereocenters. The number of aliphatic hydroxyl groups excluding tert-OH is 1. The lowest BCUT2D eigenvalue weighted by molar-refractivity contribution is -0.169. The Morgan fingerprint density at radius 2 is 0.814 bits per heavy atom. The van der Waals surface area contributed by atoms with Gasteiger partial charge in [-0.1, -0.05) is 106 Å². The number of carbonyl (C=O) groups is 7. The number of ether oxygens (including phenoxy) is 4. The van der Waals surface area contributed by atoms with Crippen molar-refractivity contribution in [2.45, 2.75) is 142 Å². The van der Waals surface area contributed by atoms with Crippen molar-refractivity contribution < 1.29 is 57.6 Å². The van der Waals surface area contributed by atoms with Gasteiger partial charge in [0, 0.05) is 13.1 Å². The van der Waals surface area contributed by atoms with Gasteiger partial charge in [0.15, 0.2) is 6.10 Å². The van der Waals surface area contributed by atoms with E-state index < -0.39 is 65.7 Å². The zero-order valence-corrected chi connectivity index (χ0v) is 42.9. The van der Waals surface area contributed by atoms with E-state index in [0.717, 1.165) is 16.7 Å². The first-order chi connectivity index (χ1) is 30.3. The van der Waals surface area contributed by atoms with E-state index in [-0.39, 0.29) is 105 Å². The third-order valence-electron chi connectivity index (χ3n) is 10.9. The number of nitrogens with one attached hydrogen (secondary N) is 3. The Labute approximate surface area is 439 Å². The maximum absolute atomic E-state index is 12.6. The lowest BCUT2D eigenvalue weighted by Gasteiger charge is -2.37. The maximum Gasteiger partial charge on any atom is 0.411 e. The Balaban J connectivity index is 0.00000103. The SMILES string of the molecule is C.C.CC(C)(C)OC(=O)N1CCC[C@H]1C(=O)O[C@@H]1C(=O)N[C@@H]1c1ccccc1.CC(C)(C)OC(=O)N1CCC[C@H]1C(=O)O[C@H]1C(=O)N[C@H]1c1ccccc1.O=C1N[C@@H](c2ccccc2)[C@H]1O.S.S.S.S. The van der Waals surface area contributed by atoms with Gasteiger partial charge in [-0.3, -0.25) is 24.2 Å². The van der Waals surface area contributed by atoms with Crippen LogP contribution in [0.2, 0.25) is 0 Å². The summed E-state index contributed by atoms with van der Waals surface area (Å²) in [6.45, 7) is 11.5. The lowest BCUT2D eigenvalue weighted by Crippen LogP contribution is -2.59. The van der Waals surface area contributed by atoms with E-state index in [9.17, 15) is 38.7 Å². The predicted molar refractivity (Wildman–Crippen MR) is 285 cm³/mol. The standard InChI is InChI=1S/2C19H24N2O5.C9H9NO2.2CH4.4H2S/c2*1-19(2,3)26-18(24)21-11-7-10-13(21)17(23)25-15-14(20-16(15)22)12-8-5-4-6-9-12;11-8-7(10-9(8)12)6-4-2-1-3-5-6;;;;;;/h2*4-6,8-9,13-15H,7,10-11H2,1-3H3,(H,20,22);1-5,7-8,11H,(H,10,12);2*1H4;4*1H2/t13-,14+,15-;13-,14-,15+;7-,8+;;;;;;/m000....../s1. The minimum atomic E-state index is -0.869. The topological polar surface area (TPSA) is 219 Å². The quantitative estimate of drug-likeness (QED) is 0.117. The first-order valence-electron chi connectivity index (χ1n) is 21.5.